The molecule has 0 bridgehead atoms. The Morgan fingerprint density at radius 1 is 1.29 bits per heavy atom. The van der Waals surface area contributed by atoms with Crippen molar-refractivity contribution in [3.05, 3.63) is 29.8 Å². The summed E-state index contributed by atoms with van der Waals surface area (Å²) < 4.78 is 0. The van der Waals surface area contributed by atoms with E-state index in [2.05, 4.69) is 16.7 Å². The summed E-state index contributed by atoms with van der Waals surface area (Å²) in [6, 6.07) is 8.13. The van der Waals surface area contributed by atoms with E-state index in [1.54, 1.807) is 0 Å². The quantitative estimate of drug-likeness (QED) is 0.798. The lowest BCUT2D eigenvalue weighted by Crippen LogP contribution is -2.47. The number of benzene rings is 1. The SMILES string of the molecule is O=C(NCC1(O)CCCCC1)C1CNc2ccccc2C1. The van der Waals surface area contributed by atoms with Crippen molar-refractivity contribution >= 4 is 11.6 Å². The van der Waals surface area contributed by atoms with E-state index in [1.807, 2.05) is 18.2 Å². The zero-order valence-corrected chi connectivity index (χ0v) is 12.4. The fraction of sp³-hybridized carbons (Fsp3) is 0.588. The second-order valence-corrected chi connectivity index (χ2v) is 6.44. The first-order chi connectivity index (χ1) is 10.2. The van der Waals surface area contributed by atoms with Gasteiger partial charge in [-0.25, -0.2) is 0 Å². The van der Waals surface area contributed by atoms with Crippen molar-refractivity contribution in [2.75, 3.05) is 18.4 Å². The molecule has 1 saturated carbocycles. The Kier molecular flexibility index (Phi) is 4.15. The third-order valence-corrected chi connectivity index (χ3v) is 4.77. The molecule has 1 amide bonds. The molecule has 114 valence electrons. The molecule has 1 aliphatic heterocycles. The molecule has 3 N–H and O–H groups in total. The predicted molar refractivity (Wildman–Crippen MR) is 83.2 cm³/mol. The molecule has 1 aromatic rings. The van der Waals surface area contributed by atoms with Gasteiger partial charge in [-0.1, -0.05) is 37.5 Å². The maximum Gasteiger partial charge on any atom is 0.225 e. The van der Waals surface area contributed by atoms with E-state index in [9.17, 15) is 9.90 Å². The molecular formula is C17H24N2O2. The van der Waals surface area contributed by atoms with E-state index in [-0.39, 0.29) is 11.8 Å². The molecule has 2 aliphatic rings. The monoisotopic (exact) mass is 288 g/mol. The molecule has 4 heteroatoms. The van der Waals surface area contributed by atoms with Crippen LogP contribution in [0.3, 0.4) is 0 Å². The van der Waals surface area contributed by atoms with Crippen LogP contribution in [-0.2, 0) is 11.2 Å². The van der Waals surface area contributed by atoms with E-state index >= 15 is 0 Å². The van der Waals surface area contributed by atoms with Crippen LogP contribution in [0.2, 0.25) is 0 Å². The summed E-state index contributed by atoms with van der Waals surface area (Å²) >= 11 is 0. The highest BCUT2D eigenvalue weighted by Crippen LogP contribution is 2.28. The van der Waals surface area contributed by atoms with Crippen LogP contribution in [0.1, 0.15) is 37.7 Å². The fourth-order valence-electron chi connectivity index (χ4n) is 3.41. The smallest absolute Gasteiger partial charge is 0.225 e. The van der Waals surface area contributed by atoms with Gasteiger partial charge in [0.25, 0.3) is 0 Å². The van der Waals surface area contributed by atoms with Gasteiger partial charge in [-0.2, -0.15) is 0 Å². The number of carbonyl (C=O) groups is 1. The molecule has 0 radical (unpaired) electrons. The van der Waals surface area contributed by atoms with Crippen molar-refractivity contribution in [3.8, 4) is 0 Å². The number of anilines is 1. The van der Waals surface area contributed by atoms with Crippen LogP contribution in [0.4, 0.5) is 5.69 Å². The second kappa shape index (κ2) is 6.06. The first-order valence-corrected chi connectivity index (χ1v) is 7.98. The first kappa shape index (κ1) is 14.4. The number of hydrogen-bond donors (Lipinski definition) is 3. The van der Waals surface area contributed by atoms with Crippen molar-refractivity contribution < 1.29 is 9.90 Å². The topological polar surface area (TPSA) is 61.4 Å². The van der Waals surface area contributed by atoms with Gasteiger partial charge in [0.2, 0.25) is 5.91 Å². The summed E-state index contributed by atoms with van der Waals surface area (Å²) in [5, 5.41) is 16.7. The number of fused-ring (bicyclic) bond motifs is 1. The highest BCUT2D eigenvalue weighted by atomic mass is 16.3. The number of carbonyl (C=O) groups excluding carboxylic acids is 1. The van der Waals surface area contributed by atoms with Crippen molar-refractivity contribution in [3.63, 3.8) is 0 Å². The highest BCUT2D eigenvalue weighted by molar-refractivity contribution is 5.80. The summed E-state index contributed by atoms with van der Waals surface area (Å²) in [5.74, 6) is 0.00286. The lowest BCUT2D eigenvalue weighted by atomic mass is 9.84. The van der Waals surface area contributed by atoms with E-state index in [0.29, 0.717) is 13.1 Å². The van der Waals surface area contributed by atoms with Gasteiger partial charge in [0.15, 0.2) is 0 Å². The van der Waals surface area contributed by atoms with Crippen LogP contribution in [-0.4, -0.2) is 29.7 Å². The van der Waals surface area contributed by atoms with Crippen LogP contribution in [0.5, 0.6) is 0 Å². The molecule has 0 aromatic heterocycles. The maximum absolute atomic E-state index is 12.3. The summed E-state index contributed by atoms with van der Waals surface area (Å²) in [4.78, 5) is 12.3. The Labute approximate surface area is 125 Å². The predicted octanol–water partition coefficient (Wildman–Crippen LogP) is 2.08. The molecule has 1 unspecified atom stereocenters. The molecule has 4 nitrogen and oxygen atoms in total. The van der Waals surface area contributed by atoms with Gasteiger partial charge in [-0.05, 0) is 30.9 Å². The molecule has 1 atom stereocenters. The molecule has 1 fully saturated rings. The van der Waals surface area contributed by atoms with Crippen molar-refractivity contribution in [2.24, 2.45) is 5.92 Å². The largest absolute Gasteiger partial charge is 0.388 e. The average molecular weight is 288 g/mol. The number of nitrogens with one attached hydrogen (secondary N) is 2. The molecule has 0 saturated heterocycles. The number of para-hydroxylation sites is 1. The summed E-state index contributed by atoms with van der Waals surface area (Å²) in [5.41, 5.74) is 1.64. The molecule has 3 rings (SSSR count). The minimum atomic E-state index is -0.687. The average Bonchev–Trinajstić information content (AvgIpc) is 2.53. The lowest BCUT2D eigenvalue weighted by Gasteiger charge is -2.33. The third kappa shape index (κ3) is 3.38. The van der Waals surface area contributed by atoms with Crippen LogP contribution < -0.4 is 10.6 Å². The summed E-state index contributed by atoms with van der Waals surface area (Å²) in [6.07, 6.45) is 5.69. The summed E-state index contributed by atoms with van der Waals surface area (Å²) in [6.45, 7) is 1.06. The fourth-order valence-corrected chi connectivity index (χ4v) is 3.41. The Bertz CT molecular complexity index is 509. The first-order valence-electron chi connectivity index (χ1n) is 7.98. The Balaban J connectivity index is 1.55. The molecular weight excluding hydrogens is 264 g/mol. The van der Waals surface area contributed by atoms with E-state index < -0.39 is 5.60 Å². The van der Waals surface area contributed by atoms with Crippen molar-refractivity contribution in [1.29, 1.82) is 0 Å². The minimum absolute atomic E-state index is 0.0490. The van der Waals surface area contributed by atoms with Gasteiger partial charge in [-0.3, -0.25) is 4.79 Å². The van der Waals surface area contributed by atoms with Crippen molar-refractivity contribution in [1.82, 2.24) is 5.32 Å². The van der Waals surface area contributed by atoms with E-state index in [4.69, 9.17) is 0 Å². The van der Waals surface area contributed by atoms with Gasteiger partial charge in [0.05, 0.1) is 11.5 Å². The van der Waals surface area contributed by atoms with Crippen molar-refractivity contribution in [2.45, 2.75) is 44.1 Å². The lowest BCUT2D eigenvalue weighted by molar-refractivity contribution is -0.126. The van der Waals surface area contributed by atoms with Gasteiger partial charge < -0.3 is 15.7 Å². The normalized spacial score (nSPS) is 23.8. The van der Waals surface area contributed by atoms with E-state index in [1.165, 1.54) is 12.0 Å². The number of hydrogen-bond acceptors (Lipinski definition) is 3. The second-order valence-electron chi connectivity index (χ2n) is 6.44. The highest BCUT2D eigenvalue weighted by Gasteiger charge is 2.31. The molecule has 1 aliphatic carbocycles. The van der Waals surface area contributed by atoms with Gasteiger partial charge >= 0.3 is 0 Å². The Morgan fingerprint density at radius 3 is 2.86 bits per heavy atom. The number of aliphatic hydroxyl groups is 1. The van der Waals surface area contributed by atoms with Crippen LogP contribution in [0.15, 0.2) is 24.3 Å². The Morgan fingerprint density at radius 2 is 2.05 bits per heavy atom. The molecule has 0 spiro atoms. The Hall–Kier alpha value is -1.55. The van der Waals surface area contributed by atoms with Crippen LogP contribution >= 0.6 is 0 Å². The van der Waals surface area contributed by atoms with Gasteiger partial charge in [0, 0.05) is 18.8 Å². The molecule has 1 aromatic carbocycles. The van der Waals surface area contributed by atoms with Gasteiger partial charge in [0.1, 0.15) is 0 Å². The minimum Gasteiger partial charge on any atom is -0.388 e. The third-order valence-electron chi connectivity index (χ3n) is 4.77. The standard InChI is InChI=1S/C17H24N2O2/c20-16(19-12-17(21)8-4-1-5-9-17)14-10-13-6-2-3-7-15(13)18-11-14/h2-3,6-7,14,18,21H,1,4-5,8-12H2,(H,19,20). The van der Waals surface area contributed by atoms with Gasteiger partial charge in [-0.15, -0.1) is 0 Å². The molecule has 1 heterocycles. The summed E-state index contributed by atoms with van der Waals surface area (Å²) in [7, 11) is 0. The zero-order valence-electron chi connectivity index (χ0n) is 12.4. The van der Waals surface area contributed by atoms with Crippen LogP contribution in [0.25, 0.3) is 0 Å². The zero-order chi connectivity index (χ0) is 14.7. The van der Waals surface area contributed by atoms with Crippen LogP contribution in [0, 0.1) is 5.92 Å². The molecule has 21 heavy (non-hydrogen) atoms. The number of amides is 1. The maximum atomic E-state index is 12.3. The van der Waals surface area contributed by atoms with E-state index in [0.717, 1.165) is 37.8 Å². The number of rotatable bonds is 3.